The molecule has 1 amide bonds. The molecule has 0 aliphatic heterocycles. The van der Waals surface area contributed by atoms with Gasteiger partial charge in [0.25, 0.3) is 0 Å². The van der Waals surface area contributed by atoms with Crippen LogP contribution in [0.25, 0.3) is 0 Å². The first kappa shape index (κ1) is 69.9. The number of rotatable bonds is 62. The number of carbonyl (C=O) groups excluding carboxylic acids is 2. The molecule has 0 aromatic rings. The van der Waals surface area contributed by atoms with Gasteiger partial charge in [-0.15, -0.1) is 0 Å². The van der Waals surface area contributed by atoms with Crippen molar-refractivity contribution in [2.45, 2.75) is 392 Å². The third kappa shape index (κ3) is 58.0. The quantitative estimate of drug-likeness (QED) is 0.0417. The molecule has 424 valence electrons. The summed E-state index contributed by atoms with van der Waals surface area (Å²) in [6.45, 7) is 4.99. The Balaban J connectivity index is 3.37. The van der Waals surface area contributed by atoms with Gasteiger partial charge in [-0.05, 0) is 25.7 Å². The lowest BCUT2D eigenvalue weighted by molar-refractivity contribution is -0.143. The van der Waals surface area contributed by atoms with Crippen molar-refractivity contribution >= 4 is 11.9 Å². The van der Waals surface area contributed by atoms with Crippen molar-refractivity contribution in [3.63, 3.8) is 0 Å². The minimum Gasteiger partial charge on any atom is -0.466 e. The predicted molar refractivity (Wildman–Crippen MR) is 310 cm³/mol. The minimum absolute atomic E-state index is 0.0153. The van der Waals surface area contributed by atoms with Crippen LogP contribution < -0.4 is 5.32 Å². The second-order valence-electron chi connectivity index (χ2n) is 22.8. The number of ether oxygens (including phenoxy) is 1. The van der Waals surface area contributed by atoms with Gasteiger partial charge in [0.1, 0.15) is 0 Å². The Labute approximate surface area is 445 Å². The molecule has 0 heterocycles. The van der Waals surface area contributed by atoms with Crippen LogP contribution in [0.2, 0.25) is 0 Å². The number of unbranched alkanes of at least 4 members (excludes halogenated alkanes) is 51. The summed E-state index contributed by atoms with van der Waals surface area (Å²) < 4.78 is 5.47. The highest BCUT2D eigenvalue weighted by atomic mass is 16.5. The maximum absolute atomic E-state index is 12.5. The highest BCUT2D eigenvalue weighted by molar-refractivity contribution is 5.76. The Hall–Kier alpha value is -1.14. The fraction of sp³-hybridized carbons (Fsp3) is 0.969. The van der Waals surface area contributed by atoms with Gasteiger partial charge in [0.2, 0.25) is 5.91 Å². The molecule has 0 bridgehead atoms. The van der Waals surface area contributed by atoms with Crippen molar-refractivity contribution < 1.29 is 24.5 Å². The molecule has 0 spiro atoms. The predicted octanol–water partition coefficient (Wildman–Crippen LogP) is 20.6. The lowest BCUT2D eigenvalue weighted by Gasteiger charge is -2.22. The summed E-state index contributed by atoms with van der Waals surface area (Å²) >= 11 is 0. The minimum atomic E-state index is -0.663. The average molecular weight is 1000 g/mol. The number of esters is 1. The molecule has 0 aromatic heterocycles. The molecule has 0 fully saturated rings. The van der Waals surface area contributed by atoms with E-state index in [9.17, 15) is 19.8 Å². The van der Waals surface area contributed by atoms with Gasteiger partial charge in [-0.3, -0.25) is 9.59 Å². The van der Waals surface area contributed by atoms with Gasteiger partial charge in [0.05, 0.1) is 25.4 Å². The Morgan fingerprint density at radius 3 is 0.859 bits per heavy atom. The largest absolute Gasteiger partial charge is 0.466 e. The van der Waals surface area contributed by atoms with Crippen LogP contribution in [0, 0.1) is 0 Å². The fourth-order valence-electron chi connectivity index (χ4n) is 10.6. The molecule has 3 N–H and O–H groups in total. The summed E-state index contributed by atoms with van der Waals surface area (Å²) in [5, 5.41) is 23.4. The van der Waals surface area contributed by atoms with Crippen molar-refractivity contribution in [1.82, 2.24) is 5.32 Å². The van der Waals surface area contributed by atoms with E-state index in [2.05, 4.69) is 19.2 Å². The van der Waals surface area contributed by atoms with E-state index in [-0.39, 0.29) is 18.5 Å². The van der Waals surface area contributed by atoms with Crippen LogP contribution in [0.1, 0.15) is 380 Å². The highest BCUT2D eigenvalue weighted by Gasteiger charge is 2.20. The Morgan fingerprint density at radius 2 is 0.577 bits per heavy atom. The monoisotopic (exact) mass is 1000 g/mol. The lowest BCUT2D eigenvalue weighted by atomic mass is 10.0. The molecule has 0 aliphatic rings. The molecule has 0 saturated heterocycles. The van der Waals surface area contributed by atoms with E-state index in [0.29, 0.717) is 25.9 Å². The van der Waals surface area contributed by atoms with Gasteiger partial charge >= 0.3 is 5.97 Å². The maximum atomic E-state index is 12.5. The smallest absolute Gasteiger partial charge is 0.305 e. The first-order chi connectivity index (χ1) is 35.0. The van der Waals surface area contributed by atoms with Crippen LogP contribution >= 0.6 is 0 Å². The van der Waals surface area contributed by atoms with E-state index < -0.39 is 12.1 Å². The second kappa shape index (κ2) is 61.4. The Bertz CT molecular complexity index is 1020. The molecule has 71 heavy (non-hydrogen) atoms. The molecule has 0 radical (unpaired) electrons. The number of hydrogen-bond donors (Lipinski definition) is 3. The van der Waals surface area contributed by atoms with E-state index in [0.717, 1.165) is 38.5 Å². The number of amides is 1. The average Bonchev–Trinajstić information content (AvgIpc) is 3.37. The van der Waals surface area contributed by atoms with Crippen molar-refractivity contribution in [2.24, 2.45) is 0 Å². The van der Waals surface area contributed by atoms with E-state index in [1.165, 1.54) is 308 Å². The number of nitrogens with one attached hydrogen (secondary N) is 1. The van der Waals surface area contributed by atoms with E-state index >= 15 is 0 Å². The zero-order valence-corrected chi connectivity index (χ0v) is 48.5. The third-order valence-electron chi connectivity index (χ3n) is 15.7. The maximum Gasteiger partial charge on any atom is 0.305 e. The summed E-state index contributed by atoms with van der Waals surface area (Å²) in [6.07, 6.45) is 72.7. The summed E-state index contributed by atoms with van der Waals surface area (Å²) in [6, 6.07) is -0.540. The van der Waals surface area contributed by atoms with Crippen LogP contribution in [0.5, 0.6) is 0 Å². The first-order valence-electron chi connectivity index (χ1n) is 32.8. The van der Waals surface area contributed by atoms with Crippen LogP contribution in [0.15, 0.2) is 0 Å². The van der Waals surface area contributed by atoms with Gasteiger partial charge < -0.3 is 20.3 Å². The van der Waals surface area contributed by atoms with Gasteiger partial charge in [0, 0.05) is 12.8 Å². The van der Waals surface area contributed by atoms with Crippen molar-refractivity contribution in [3.8, 4) is 0 Å². The van der Waals surface area contributed by atoms with E-state index in [4.69, 9.17) is 4.74 Å². The Kier molecular flexibility index (Phi) is 60.4. The van der Waals surface area contributed by atoms with Crippen molar-refractivity contribution in [1.29, 1.82) is 0 Å². The summed E-state index contributed by atoms with van der Waals surface area (Å²) in [7, 11) is 0. The molecular formula is C65H129NO5. The van der Waals surface area contributed by atoms with E-state index in [1.807, 2.05) is 0 Å². The highest BCUT2D eigenvalue weighted by Crippen LogP contribution is 2.19. The number of aliphatic hydroxyl groups excluding tert-OH is 2. The second-order valence-corrected chi connectivity index (χ2v) is 22.8. The van der Waals surface area contributed by atoms with Gasteiger partial charge in [0.15, 0.2) is 0 Å². The molecule has 0 rings (SSSR count). The number of hydrogen-bond acceptors (Lipinski definition) is 5. The van der Waals surface area contributed by atoms with Crippen LogP contribution in [-0.4, -0.2) is 47.4 Å². The van der Waals surface area contributed by atoms with Crippen LogP contribution in [0.4, 0.5) is 0 Å². The van der Waals surface area contributed by atoms with Crippen LogP contribution in [0.3, 0.4) is 0 Å². The molecule has 0 saturated carbocycles. The molecule has 0 aliphatic carbocycles. The number of aliphatic hydroxyl groups is 2. The lowest BCUT2D eigenvalue weighted by Crippen LogP contribution is -2.45. The summed E-state index contributed by atoms with van der Waals surface area (Å²) in [5.41, 5.74) is 0. The number of carbonyl (C=O) groups is 2. The molecular weight excluding hydrogens is 875 g/mol. The normalized spacial score (nSPS) is 12.5. The van der Waals surface area contributed by atoms with Gasteiger partial charge in [-0.25, -0.2) is 0 Å². The molecule has 6 heteroatoms. The Morgan fingerprint density at radius 1 is 0.338 bits per heavy atom. The van der Waals surface area contributed by atoms with Crippen LogP contribution in [-0.2, 0) is 14.3 Å². The first-order valence-corrected chi connectivity index (χ1v) is 32.8. The summed E-state index contributed by atoms with van der Waals surface area (Å²) in [5.74, 6) is -0.0143. The molecule has 2 unspecified atom stereocenters. The SMILES string of the molecule is CCCCCCCCCCCCCCCCCCCCCCC(O)C(CO)NC(=O)CCCCCCCCCCCCCCCCCCCCCCCCCOC(=O)CCCCCCCCCCCCC. The van der Waals surface area contributed by atoms with E-state index in [1.54, 1.807) is 0 Å². The zero-order chi connectivity index (χ0) is 51.4. The molecule has 2 atom stereocenters. The van der Waals surface area contributed by atoms with Crippen molar-refractivity contribution in [2.75, 3.05) is 13.2 Å². The van der Waals surface area contributed by atoms with Gasteiger partial charge in [-0.2, -0.15) is 0 Å². The standard InChI is InChI=1S/C65H129NO5/c1-3-5-7-9-11-13-15-16-17-18-19-25-28-31-34-38-41-45-49-53-57-63(68)62(61-67)66-64(69)58-54-50-46-42-39-35-32-29-26-23-21-20-22-24-27-30-33-36-40-44-48-52-56-60-71-65(70)59-55-51-47-43-37-14-12-10-8-6-4-2/h62-63,67-68H,3-61H2,1-2H3,(H,66,69). The third-order valence-corrected chi connectivity index (χ3v) is 15.7. The molecule has 0 aromatic carbocycles. The molecule has 6 nitrogen and oxygen atoms in total. The summed E-state index contributed by atoms with van der Waals surface area (Å²) in [4.78, 5) is 24.5. The topological polar surface area (TPSA) is 95.9 Å². The fourth-order valence-corrected chi connectivity index (χ4v) is 10.6. The van der Waals surface area contributed by atoms with Gasteiger partial charge in [-0.1, -0.05) is 341 Å². The van der Waals surface area contributed by atoms with Crippen molar-refractivity contribution in [3.05, 3.63) is 0 Å². The zero-order valence-electron chi connectivity index (χ0n) is 48.5.